The summed E-state index contributed by atoms with van der Waals surface area (Å²) in [6, 6.07) is 9.71. The normalized spacial score (nSPS) is 11.7. The van der Waals surface area contributed by atoms with E-state index in [4.69, 9.17) is 4.74 Å². The van der Waals surface area contributed by atoms with Crippen molar-refractivity contribution in [3.63, 3.8) is 0 Å². The molecular formula is C15H22N2O3. The summed E-state index contributed by atoms with van der Waals surface area (Å²) in [5.41, 5.74) is 1.06. The van der Waals surface area contributed by atoms with E-state index >= 15 is 0 Å². The Labute approximate surface area is 119 Å². The number of carbonyl (C=O) groups excluding carboxylic acids is 2. The number of rotatable bonds is 8. The third-order valence-corrected chi connectivity index (χ3v) is 2.76. The van der Waals surface area contributed by atoms with Gasteiger partial charge in [-0.1, -0.05) is 37.3 Å². The smallest absolute Gasteiger partial charge is 0.309 e. The molecule has 5 heteroatoms. The lowest BCUT2D eigenvalue weighted by Gasteiger charge is -2.11. The number of nitrogens with one attached hydrogen (secondary N) is 2. The standard InChI is InChI=1S/C15H22N2O3/c1-3-20-15(19)12(2)9-16-11-14(18)17-10-13-7-5-4-6-8-13/h4-8,12,16H,3,9-11H2,1-2H3,(H,17,18). The van der Waals surface area contributed by atoms with Gasteiger partial charge in [-0.15, -0.1) is 0 Å². The van der Waals surface area contributed by atoms with Crippen molar-refractivity contribution < 1.29 is 14.3 Å². The molecule has 0 aliphatic carbocycles. The second-order valence-corrected chi connectivity index (χ2v) is 4.55. The van der Waals surface area contributed by atoms with Gasteiger partial charge in [0.15, 0.2) is 0 Å². The van der Waals surface area contributed by atoms with Gasteiger partial charge in [-0.25, -0.2) is 0 Å². The minimum Gasteiger partial charge on any atom is -0.466 e. The molecular weight excluding hydrogens is 256 g/mol. The van der Waals surface area contributed by atoms with Gasteiger partial charge in [0.2, 0.25) is 5.91 Å². The molecule has 0 aliphatic rings. The lowest BCUT2D eigenvalue weighted by molar-refractivity contribution is -0.147. The maximum atomic E-state index is 11.6. The van der Waals surface area contributed by atoms with Crippen molar-refractivity contribution in [1.82, 2.24) is 10.6 Å². The van der Waals surface area contributed by atoms with Crippen LogP contribution in [0.5, 0.6) is 0 Å². The van der Waals surface area contributed by atoms with Crippen molar-refractivity contribution in [2.75, 3.05) is 19.7 Å². The van der Waals surface area contributed by atoms with Crippen LogP contribution in [0.3, 0.4) is 0 Å². The molecule has 1 unspecified atom stereocenters. The van der Waals surface area contributed by atoms with Crippen LogP contribution in [0.4, 0.5) is 0 Å². The summed E-state index contributed by atoms with van der Waals surface area (Å²) >= 11 is 0. The van der Waals surface area contributed by atoms with Crippen LogP contribution in [0.15, 0.2) is 30.3 Å². The molecule has 1 amide bonds. The number of hydrogen-bond acceptors (Lipinski definition) is 4. The monoisotopic (exact) mass is 278 g/mol. The van der Waals surface area contributed by atoms with Crippen LogP contribution in [0, 0.1) is 5.92 Å². The molecule has 2 N–H and O–H groups in total. The summed E-state index contributed by atoms with van der Waals surface area (Å²) in [6.07, 6.45) is 0. The van der Waals surface area contributed by atoms with Crippen LogP contribution in [0.25, 0.3) is 0 Å². The molecule has 20 heavy (non-hydrogen) atoms. The average molecular weight is 278 g/mol. The van der Waals surface area contributed by atoms with Crippen LogP contribution < -0.4 is 10.6 Å². The highest BCUT2D eigenvalue weighted by molar-refractivity contribution is 5.78. The molecule has 0 saturated heterocycles. The van der Waals surface area contributed by atoms with Crippen LogP contribution >= 0.6 is 0 Å². The molecule has 1 rings (SSSR count). The van der Waals surface area contributed by atoms with Crippen molar-refractivity contribution in [2.24, 2.45) is 5.92 Å². The van der Waals surface area contributed by atoms with Crippen LogP contribution in [-0.2, 0) is 20.9 Å². The van der Waals surface area contributed by atoms with Gasteiger partial charge >= 0.3 is 5.97 Å². The van der Waals surface area contributed by atoms with E-state index in [0.29, 0.717) is 19.7 Å². The highest BCUT2D eigenvalue weighted by Gasteiger charge is 2.13. The topological polar surface area (TPSA) is 67.4 Å². The van der Waals surface area contributed by atoms with Crippen LogP contribution in [0.1, 0.15) is 19.4 Å². The molecule has 0 aromatic heterocycles. The largest absolute Gasteiger partial charge is 0.466 e. The summed E-state index contributed by atoms with van der Waals surface area (Å²) < 4.78 is 4.89. The lowest BCUT2D eigenvalue weighted by Crippen LogP contribution is -2.37. The Kier molecular flexibility index (Phi) is 7.35. The highest BCUT2D eigenvalue weighted by Crippen LogP contribution is 1.97. The van der Waals surface area contributed by atoms with E-state index in [0.717, 1.165) is 5.56 Å². The number of benzene rings is 1. The van der Waals surface area contributed by atoms with Crippen LogP contribution in [-0.4, -0.2) is 31.6 Å². The fourth-order valence-corrected chi connectivity index (χ4v) is 1.63. The first-order chi connectivity index (χ1) is 9.63. The molecule has 1 atom stereocenters. The van der Waals surface area contributed by atoms with Crippen molar-refractivity contribution in [3.05, 3.63) is 35.9 Å². The second kappa shape index (κ2) is 9.09. The Morgan fingerprint density at radius 1 is 1.25 bits per heavy atom. The summed E-state index contributed by atoms with van der Waals surface area (Å²) in [6.45, 7) is 5.05. The first-order valence-electron chi connectivity index (χ1n) is 6.81. The third kappa shape index (κ3) is 6.33. The number of hydrogen-bond donors (Lipinski definition) is 2. The van der Waals surface area contributed by atoms with Gasteiger partial charge in [-0.3, -0.25) is 9.59 Å². The zero-order chi connectivity index (χ0) is 14.8. The van der Waals surface area contributed by atoms with Gasteiger partial charge < -0.3 is 15.4 Å². The highest BCUT2D eigenvalue weighted by atomic mass is 16.5. The lowest BCUT2D eigenvalue weighted by atomic mass is 10.2. The van der Waals surface area contributed by atoms with E-state index in [-0.39, 0.29) is 24.3 Å². The minimum atomic E-state index is -0.253. The zero-order valence-electron chi connectivity index (χ0n) is 12.0. The quantitative estimate of drug-likeness (QED) is 0.699. The SMILES string of the molecule is CCOC(=O)C(C)CNCC(=O)NCc1ccccc1. The van der Waals surface area contributed by atoms with Crippen molar-refractivity contribution in [3.8, 4) is 0 Å². The van der Waals surface area contributed by atoms with E-state index < -0.39 is 0 Å². The molecule has 0 bridgehead atoms. The number of amides is 1. The maximum Gasteiger partial charge on any atom is 0.309 e. The molecule has 0 spiro atoms. The van der Waals surface area contributed by atoms with E-state index in [1.165, 1.54) is 0 Å². The molecule has 0 aliphatic heterocycles. The van der Waals surface area contributed by atoms with Crippen molar-refractivity contribution in [2.45, 2.75) is 20.4 Å². The third-order valence-electron chi connectivity index (χ3n) is 2.76. The van der Waals surface area contributed by atoms with Gasteiger partial charge in [-0.2, -0.15) is 0 Å². The summed E-state index contributed by atoms with van der Waals surface area (Å²) in [5.74, 6) is -0.591. The first kappa shape index (κ1) is 16.2. The van der Waals surface area contributed by atoms with Crippen molar-refractivity contribution >= 4 is 11.9 Å². The number of esters is 1. The van der Waals surface area contributed by atoms with Gasteiger partial charge in [0.25, 0.3) is 0 Å². The molecule has 0 saturated carbocycles. The summed E-state index contributed by atoms with van der Waals surface area (Å²) in [5, 5.41) is 5.76. The van der Waals surface area contributed by atoms with Crippen molar-refractivity contribution in [1.29, 1.82) is 0 Å². The Morgan fingerprint density at radius 3 is 2.60 bits per heavy atom. The van der Waals surface area contributed by atoms with E-state index in [9.17, 15) is 9.59 Å². The second-order valence-electron chi connectivity index (χ2n) is 4.55. The van der Waals surface area contributed by atoms with Crippen LogP contribution in [0.2, 0.25) is 0 Å². The molecule has 5 nitrogen and oxygen atoms in total. The van der Waals surface area contributed by atoms with E-state index in [1.807, 2.05) is 30.3 Å². The van der Waals surface area contributed by atoms with Gasteiger partial charge in [-0.05, 0) is 12.5 Å². The molecule has 0 fully saturated rings. The first-order valence-corrected chi connectivity index (χ1v) is 6.81. The fraction of sp³-hybridized carbons (Fsp3) is 0.467. The summed E-state index contributed by atoms with van der Waals surface area (Å²) in [7, 11) is 0. The molecule has 1 aromatic carbocycles. The molecule has 0 heterocycles. The minimum absolute atomic E-state index is 0.0927. The number of carbonyl (C=O) groups is 2. The van der Waals surface area contributed by atoms with Gasteiger partial charge in [0, 0.05) is 13.1 Å². The Hall–Kier alpha value is -1.88. The van der Waals surface area contributed by atoms with E-state index in [2.05, 4.69) is 10.6 Å². The average Bonchev–Trinajstić information content (AvgIpc) is 2.46. The number of ether oxygens (including phenoxy) is 1. The maximum absolute atomic E-state index is 11.6. The Bertz CT molecular complexity index is 420. The predicted molar refractivity (Wildman–Crippen MR) is 77.0 cm³/mol. The molecule has 1 aromatic rings. The van der Waals surface area contributed by atoms with Gasteiger partial charge in [0.05, 0.1) is 19.1 Å². The zero-order valence-corrected chi connectivity index (χ0v) is 12.0. The molecule has 0 radical (unpaired) electrons. The van der Waals surface area contributed by atoms with Gasteiger partial charge in [0.1, 0.15) is 0 Å². The Morgan fingerprint density at radius 2 is 1.95 bits per heavy atom. The van der Waals surface area contributed by atoms with E-state index in [1.54, 1.807) is 13.8 Å². The molecule has 110 valence electrons. The summed E-state index contributed by atoms with van der Waals surface area (Å²) in [4.78, 5) is 23.0. The Balaban J connectivity index is 2.16. The predicted octanol–water partition coefficient (Wildman–Crippen LogP) is 1.09. The fourth-order valence-electron chi connectivity index (χ4n) is 1.63.